The van der Waals surface area contributed by atoms with Gasteiger partial charge in [0.15, 0.2) is 0 Å². The number of hydrogen-bond acceptors (Lipinski definition) is 2. The van der Waals surface area contributed by atoms with Crippen molar-refractivity contribution in [1.29, 1.82) is 0 Å². The maximum atomic E-state index is 6.03. The topological polar surface area (TPSA) is 29.3 Å². The van der Waals surface area contributed by atoms with Gasteiger partial charge in [0.2, 0.25) is 0 Å². The van der Waals surface area contributed by atoms with Crippen LogP contribution in [-0.2, 0) is 0 Å². The van der Waals surface area contributed by atoms with Gasteiger partial charge in [-0.1, -0.05) is 18.9 Å². The lowest BCUT2D eigenvalue weighted by atomic mass is 9.90. The summed E-state index contributed by atoms with van der Waals surface area (Å²) in [6, 6.07) is 0.959. The zero-order chi connectivity index (χ0) is 8.97. The van der Waals surface area contributed by atoms with Gasteiger partial charge in [0.1, 0.15) is 0 Å². The molecule has 1 aliphatic carbocycles. The van der Waals surface area contributed by atoms with Crippen molar-refractivity contribution in [3.8, 4) is 0 Å². The van der Waals surface area contributed by atoms with Crippen LogP contribution in [0.2, 0.25) is 0 Å². The van der Waals surface area contributed by atoms with Gasteiger partial charge < -0.3 is 5.73 Å². The number of rotatable bonds is 3. The Kier molecular flexibility index (Phi) is 3.76. The van der Waals surface area contributed by atoms with Gasteiger partial charge in [0.05, 0.1) is 0 Å². The van der Waals surface area contributed by atoms with E-state index in [0.717, 1.165) is 6.54 Å². The fourth-order valence-corrected chi connectivity index (χ4v) is 2.03. The van der Waals surface area contributed by atoms with Crippen molar-refractivity contribution < 1.29 is 0 Å². The lowest BCUT2D eigenvalue weighted by molar-refractivity contribution is 0.184. The number of nitrogens with zero attached hydrogens (tertiary/aromatic N) is 1. The predicted octanol–water partition coefficient (Wildman–Crippen LogP) is 1.37. The molecule has 0 aliphatic heterocycles. The highest BCUT2D eigenvalue weighted by Gasteiger charge is 2.24. The zero-order valence-corrected chi connectivity index (χ0v) is 8.00. The fourth-order valence-electron chi connectivity index (χ4n) is 2.03. The van der Waals surface area contributed by atoms with Crippen LogP contribution in [0.4, 0.5) is 0 Å². The molecule has 1 saturated carbocycles. The van der Waals surface area contributed by atoms with Crippen LogP contribution in [0.15, 0.2) is 12.7 Å². The third-order valence-corrected chi connectivity index (χ3v) is 2.76. The summed E-state index contributed by atoms with van der Waals surface area (Å²) in [6.45, 7) is 4.69. The van der Waals surface area contributed by atoms with Crippen molar-refractivity contribution in [2.75, 3.05) is 13.6 Å². The van der Waals surface area contributed by atoms with Crippen molar-refractivity contribution in [2.24, 2.45) is 5.73 Å². The molecule has 1 fully saturated rings. The highest BCUT2D eigenvalue weighted by atomic mass is 15.1. The average Bonchev–Trinajstić information content (AvgIpc) is 2.05. The molecule has 0 aromatic carbocycles. The monoisotopic (exact) mass is 168 g/mol. The van der Waals surface area contributed by atoms with E-state index in [1.807, 2.05) is 6.08 Å². The second kappa shape index (κ2) is 4.63. The van der Waals surface area contributed by atoms with Gasteiger partial charge in [0, 0.05) is 18.6 Å². The van der Waals surface area contributed by atoms with Crippen LogP contribution < -0.4 is 5.73 Å². The summed E-state index contributed by atoms with van der Waals surface area (Å²) < 4.78 is 0. The lowest BCUT2D eigenvalue weighted by Crippen LogP contribution is -2.47. The quantitative estimate of drug-likeness (QED) is 0.645. The summed E-state index contributed by atoms with van der Waals surface area (Å²) in [5.74, 6) is 0. The first kappa shape index (κ1) is 9.75. The molecule has 12 heavy (non-hydrogen) atoms. The van der Waals surface area contributed by atoms with Gasteiger partial charge in [-0.3, -0.25) is 4.90 Å². The Hall–Kier alpha value is -0.340. The van der Waals surface area contributed by atoms with Gasteiger partial charge in [0.25, 0.3) is 0 Å². The first-order chi connectivity index (χ1) is 5.75. The Balaban J connectivity index is 2.41. The minimum absolute atomic E-state index is 0.378. The molecule has 0 unspecified atom stereocenters. The predicted molar refractivity (Wildman–Crippen MR) is 53.1 cm³/mol. The molecule has 0 spiro atoms. The SMILES string of the molecule is C=CCN(C)[C@H]1CCCC[C@@H]1N. The number of hydrogen-bond donors (Lipinski definition) is 1. The van der Waals surface area contributed by atoms with E-state index in [1.54, 1.807) is 0 Å². The molecule has 70 valence electrons. The molecule has 1 aliphatic rings. The Morgan fingerprint density at radius 2 is 2.17 bits per heavy atom. The number of nitrogens with two attached hydrogens (primary N) is 1. The molecule has 0 saturated heterocycles. The summed E-state index contributed by atoms with van der Waals surface area (Å²) in [5, 5.41) is 0. The second-order valence-electron chi connectivity index (χ2n) is 3.74. The van der Waals surface area contributed by atoms with Gasteiger partial charge in [-0.15, -0.1) is 6.58 Å². The van der Waals surface area contributed by atoms with Gasteiger partial charge >= 0.3 is 0 Å². The third-order valence-electron chi connectivity index (χ3n) is 2.76. The van der Waals surface area contributed by atoms with E-state index in [4.69, 9.17) is 5.73 Å². The third kappa shape index (κ3) is 2.32. The summed E-state index contributed by atoms with van der Waals surface area (Å²) in [6.07, 6.45) is 7.03. The van der Waals surface area contributed by atoms with Crippen LogP contribution in [-0.4, -0.2) is 30.6 Å². The standard InChI is InChI=1S/C10H20N2/c1-3-8-12(2)10-7-5-4-6-9(10)11/h3,9-10H,1,4-8,11H2,2H3/t9-,10-/m0/s1. The van der Waals surface area contributed by atoms with Crippen LogP contribution >= 0.6 is 0 Å². The highest BCUT2D eigenvalue weighted by molar-refractivity contribution is 4.87. The van der Waals surface area contributed by atoms with Crippen molar-refractivity contribution >= 4 is 0 Å². The number of likely N-dealkylation sites (N-methyl/N-ethyl adjacent to an activating group) is 1. The van der Waals surface area contributed by atoms with E-state index in [-0.39, 0.29) is 0 Å². The van der Waals surface area contributed by atoms with Gasteiger partial charge in [-0.25, -0.2) is 0 Å². The molecule has 0 aromatic heterocycles. The van der Waals surface area contributed by atoms with Crippen LogP contribution in [0.3, 0.4) is 0 Å². The average molecular weight is 168 g/mol. The van der Waals surface area contributed by atoms with Crippen molar-refractivity contribution in [2.45, 2.75) is 37.8 Å². The van der Waals surface area contributed by atoms with Crippen LogP contribution in [0, 0.1) is 0 Å². The minimum atomic E-state index is 0.378. The summed E-state index contributed by atoms with van der Waals surface area (Å²) in [7, 11) is 2.14. The summed E-state index contributed by atoms with van der Waals surface area (Å²) in [5.41, 5.74) is 6.03. The van der Waals surface area contributed by atoms with Gasteiger partial charge in [-0.05, 0) is 19.9 Å². The first-order valence-corrected chi connectivity index (χ1v) is 4.82. The zero-order valence-electron chi connectivity index (χ0n) is 8.00. The van der Waals surface area contributed by atoms with E-state index in [9.17, 15) is 0 Å². The fraction of sp³-hybridized carbons (Fsp3) is 0.800. The molecule has 0 amide bonds. The highest BCUT2D eigenvalue weighted by Crippen LogP contribution is 2.20. The molecule has 0 heterocycles. The van der Waals surface area contributed by atoms with Crippen molar-refractivity contribution in [3.05, 3.63) is 12.7 Å². The Morgan fingerprint density at radius 1 is 1.50 bits per heavy atom. The molecular formula is C10H20N2. The lowest BCUT2D eigenvalue weighted by Gasteiger charge is -2.35. The van der Waals surface area contributed by atoms with Crippen molar-refractivity contribution in [1.82, 2.24) is 4.90 Å². The first-order valence-electron chi connectivity index (χ1n) is 4.82. The molecule has 2 N–H and O–H groups in total. The van der Waals surface area contributed by atoms with E-state index in [0.29, 0.717) is 12.1 Å². The summed E-state index contributed by atoms with van der Waals surface area (Å²) in [4.78, 5) is 2.32. The minimum Gasteiger partial charge on any atom is -0.326 e. The van der Waals surface area contributed by atoms with E-state index in [1.165, 1.54) is 25.7 Å². The molecule has 2 heteroatoms. The van der Waals surface area contributed by atoms with Crippen molar-refractivity contribution in [3.63, 3.8) is 0 Å². The molecule has 0 radical (unpaired) electrons. The normalized spacial score (nSPS) is 30.6. The maximum Gasteiger partial charge on any atom is 0.0247 e. The Labute approximate surface area is 75.4 Å². The molecular weight excluding hydrogens is 148 g/mol. The maximum absolute atomic E-state index is 6.03. The molecule has 1 rings (SSSR count). The second-order valence-corrected chi connectivity index (χ2v) is 3.74. The van der Waals surface area contributed by atoms with Crippen LogP contribution in [0.1, 0.15) is 25.7 Å². The molecule has 2 nitrogen and oxygen atoms in total. The van der Waals surface area contributed by atoms with E-state index < -0.39 is 0 Å². The van der Waals surface area contributed by atoms with E-state index in [2.05, 4.69) is 18.5 Å². The Morgan fingerprint density at radius 3 is 2.75 bits per heavy atom. The largest absolute Gasteiger partial charge is 0.326 e. The van der Waals surface area contributed by atoms with Crippen LogP contribution in [0.5, 0.6) is 0 Å². The summed E-state index contributed by atoms with van der Waals surface area (Å²) >= 11 is 0. The molecule has 0 aromatic rings. The van der Waals surface area contributed by atoms with Crippen LogP contribution in [0.25, 0.3) is 0 Å². The van der Waals surface area contributed by atoms with Gasteiger partial charge in [-0.2, -0.15) is 0 Å². The smallest absolute Gasteiger partial charge is 0.0247 e. The molecule has 0 bridgehead atoms. The van der Waals surface area contributed by atoms with E-state index >= 15 is 0 Å². The Bertz CT molecular complexity index is 145. The molecule has 2 atom stereocenters.